The van der Waals surface area contributed by atoms with Gasteiger partial charge in [0.1, 0.15) is 17.6 Å². The Kier molecular flexibility index (Phi) is 6.89. The lowest BCUT2D eigenvalue weighted by Gasteiger charge is -2.16. The van der Waals surface area contributed by atoms with Crippen LogP contribution in [-0.2, 0) is 6.54 Å². The molecule has 0 fully saturated rings. The zero-order chi connectivity index (χ0) is 15.0. The van der Waals surface area contributed by atoms with Gasteiger partial charge in [0.2, 0.25) is 0 Å². The van der Waals surface area contributed by atoms with E-state index in [-0.39, 0.29) is 0 Å². The van der Waals surface area contributed by atoms with Gasteiger partial charge >= 0.3 is 0 Å². The molecule has 4 heteroatoms. The molecule has 0 aromatic heterocycles. The SMILES string of the molecule is CCC(C#N)Oc1ccc(OC)cc1CNCC(C)C. The van der Waals surface area contributed by atoms with E-state index in [9.17, 15) is 0 Å². The molecule has 20 heavy (non-hydrogen) atoms. The maximum absolute atomic E-state index is 9.01. The Morgan fingerprint density at radius 3 is 2.65 bits per heavy atom. The van der Waals surface area contributed by atoms with Crippen LogP contribution in [0.4, 0.5) is 0 Å². The molecule has 1 unspecified atom stereocenters. The molecule has 1 aromatic rings. The van der Waals surface area contributed by atoms with Crippen molar-refractivity contribution in [1.82, 2.24) is 5.32 Å². The number of nitriles is 1. The second kappa shape index (κ2) is 8.44. The van der Waals surface area contributed by atoms with Crippen molar-refractivity contribution in [1.29, 1.82) is 5.26 Å². The first-order valence-electron chi connectivity index (χ1n) is 7.04. The summed E-state index contributed by atoms with van der Waals surface area (Å²) in [5, 5.41) is 12.4. The Morgan fingerprint density at radius 2 is 2.10 bits per heavy atom. The Balaban J connectivity index is 2.83. The number of nitrogens with zero attached hydrogens (tertiary/aromatic N) is 1. The average molecular weight is 276 g/mol. The van der Waals surface area contributed by atoms with Crippen LogP contribution in [0.2, 0.25) is 0 Å². The standard InChI is InChI=1S/C16H24N2O2/c1-5-14(9-17)20-16-7-6-15(19-4)8-13(16)11-18-10-12(2)3/h6-8,12,14,18H,5,10-11H2,1-4H3. The topological polar surface area (TPSA) is 54.3 Å². The maximum atomic E-state index is 9.01. The van der Waals surface area contributed by atoms with Crippen molar-refractivity contribution in [3.8, 4) is 17.6 Å². The fraction of sp³-hybridized carbons (Fsp3) is 0.562. The monoisotopic (exact) mass is 276 g/mol. The minimum atomic E-state index is -0.410. The Bertz CT molecular complexity index is 452. The van der Waals surface area contributed by atoms with Crippen LogP contribution in [0, 0.1) is 17.2 Å². The van der Waals surface area contributed by atoms with Crippen molar-refractivity contribution in [3.05, 3.63) is 23.8 Å². The van der Waals surface area contributed by atoms with Gasteiger partial charge in [-0.3, -0.25) is 0 Å². The molecular formula is C16H24N2O2. The molecule has 4 nitrogen and oxygen atoms in total. The van der Waals surface area contributed by atoms with E-state index in [4.69, 9.17) is 14.7 Å². The molecule has 0 saturated heterocycles. The van der Waals surface area contributed by atoms with E-state index in [1.54, 1.807) is 7.11 Å². The summed E-state index contributed by atoms with van der Waals surface area (Å²) in [4.78, 5) is 0. The highest BCUT2D eigenvalue weighted by molar-refractivity contribution is 5.40. The zero-order valence-corrected chi connectivity index (χ0v) is 12.8. The lowest BCUT2D eigenvalue weighted by Crippen LogP contribution is -2.20. The lowest BCUT2D eigenvalue weighted by atomic mass is 10.1. The molecule has 1 N–H and O–H groups in total. The molecule has 1 atom stereocenters. The lowest BCUT2D eigenvalue weighted by molar-refractivity contribution is 0.248. The van der Waals surface area contributed by atoms with Gasteiger partial charge in [-0.05, 0) is 37.1 Å². The van der Waals surface area contributed by atoms with E-state index < -0.39 is 6.10 Å². The van der Waals surface area contributed by atoms with E-state index in [1.807, 2.05) is 25.1 Å². The predicted octanol–water partition coefficient (Wildman–Crippen LogP) is 3.12. The van der Waals surface area contributed by atoms with Gasteiger partial charge in [-0.2, -0.15) is 5.26 Å². The highest BCUT2D eigenvalue weighted by Gasteiger charge is 2.11. The first kappa shape index (κ1) is 16.3. The van der Waals surface area contributed by atoms with Crippen LogP contribution < -0.4 is 14.8 Å². The van der Waals surface area contributed by atoms with Crippen LogP contribution >= 0.6 is 0 Å². The molecule has 1 rings (SSSR count). The Morgan fingerprint density at radius 1 is 1.35 bits per heavy atom. The molecule has 0 aliphatic carbocycles. The molecule has 0 saturated carbocycles. The third-order valence-electron chi connectivity index (χ3n) is 2.92. The van der Waals surface area contributed by atoms with Crippen LogP contribution in [0.15, 0.2) is 18.2 Å². The number of benzene rings is 1. The highest BCUT2D eigenvalue weighted by Crippen LogP contribution is 2.25. The largest absolute Gasteiger partial charge is 0.497 e. The quantitative estimate of drug-likeness (QED) is 0.792. The summed E-state index contributed by atoms with van der Waals surface area (Å²) in [5.74, 6) is 2.13. The van der Waals surface area contributed by atoms with Crippen molar-refractivity contribution >= 4 is 0 Å². The number of hydrogen-bond acceptors (Lipinski definition) is 4. The fourth-order valence-corrected chi connectivity index (χ4v) is 1.79. The van der Waals surface area contributed by atoms with Gasteiger partial charge in [-0.15, -0.1) is 0 Å². The molecule has 1 aromatic carbocycles. The maximum Gasteiger partial charge on any atom is 0.184 e. The van der Waals surface area contributed by atoms with Gasteiger partial charge in [-0.1, -0.05) is 20.8 Å². The van der Waals surface area contributed by atoms with Gasteiger partial charge in [-0.25, -0.2) is 0 Å². The normalized spacial score (nSPS) is 12.0. The summed E-state index contributed by atoms with van der Waals surface area (Å²) in [7, 11) is 1.64. The smallest absolute Gasteiger partial charge is 0.184 e. The molecule has 110 valence electrons. The second-order valence-electron chi connectivity index (χ2n) is 5.14. The van der Waals surface area contributed by atoms with Gasteiger partial charge in [0.25, 0.3) is 0 Å². The first-order chi connectivity index (χ1) is 9.60. The summed E-state index contributed by atoms with van der Waals surface area (Å²) in [6, 6.07) is 7.83. The van der Waals surface area contributed by atoms with E-state index >= 15 is 0 Å². The summed E-state index contributed by atoms with van der Waals surface area (Å²) in [6.45, 7) is 7.91. The van der Waals surface area contributed by atoms with Gasteiger partial charge in [0.05, 0.1) is 7.11 Å². The van der Waals surface area contributed by atoms with E-state index in [2.05, 4.69) is 25.2 Å². The minimum absolute atomic E-state index is 0.410. The zero-order valence-electron chi connectivity index (χ0n) is 12.8. The van der Waals surface area contributed by atoms with Crippen LogP contribution in [0.1, 0.15) is 32.8 Å². The van der Waals surface area contributed by atoms with Crippen LogP contribution in [0.25, 0.3) is 0 Å². The Labute approximate surface area is 121 Å². The first-order valence-corrected chi connectivity index (χ1v) is 7.04. The Hall–Kier alpha value is -1.73. The number of nitrogens with one attached hydrogen (secondary N) is 1. The van der Waals surface area contributed by atoms with Gasteiger partial charge < -0.3 is 14.8 Å². The molecule has 0 spiro atoms. The molecule has 0 aliphatic rings. The molecule has 0 heterocycles. The summed E-state index contributed by atoms with van der Waals surface area (Å²) in [5.41, 5.74) is 1.01. The van der Waals surface area contributed by atoms with E-state index in [0.717, 1.165) is 23.6 Å². The van der Waals surface area contributed by atoms with Crippen molar-refractivity contribution in [2.75, 3.05) is 13.7 Å². The third-order valence-corrected chi connectivity index (χ3v) is 2.92. The molecule has 0 aliphatic heterocycles. The van der Waals surface area contributed by atoms with Crippen molar-refractivity contribution in [2.24, 2.45) is 5.92 Å². The molecule has 0 radical (unpaired) electrons. The van der Waals surface area contributed by atoms with Crippen molar-refractivity contribution in [3.63, 3.8) is 0 Å². The number of methoxy groups -OCH3 is 1. The van der Waals surface area contributed by atoms with Crippen LogP contribution in [-0.4, -0.2) is 19.8 Å². The van der Waals surface area contributed by atoms with Gasteiger partial charge in [0, 0.05) is 12.1 Å². The number of ether oxygens (including phenoxy) is 2. The van der Waals surface area contributed by atoms with E-state index in [1.165, 1.54) is 0 Å². The van der Waals surface area contributed by atoms with Gasteiger partial charge in [0.15, 0.2) is 6.10 Å². The van der Waals surface area contributed by atoms with Crippen LogP contribution in [0.3, 0.4) is 0 Å². The number of rotatable bonds is 8. The van der Waals surface area contributed by atoms with Crippen LogP contribution in [0.5, 0.6) is 11.5 Å². The predicted molar refractivity (Wildman–Crippen MR) is 79.9 cm³/mol. The number of hydrogen-bond donors (Lipinski definition) is 1. The van der Waals surface area contributed by atoms with Crippen molar-refractivity contribution in [2.45, 2.75) is 39.8 Å². The van der Waals surface area contributed by atoms with Crippen molar-refractivity contribution < 1.29 is 9.47 Å². The highest BCUT2D eigenvalue weighted by atomic mass is 16.5. The minimum Gasteiger partial charge on any atom is -0.497 e. The molecular weight excluding hydrogens is 252 g/mol. The second-order valence-corrected chi connectivity index (χ2v) is 5.14. The molecule has 0 amide bonds. The third kappa shape index (κ3) is 5.10. The summed E-state index contributed by atoms with van der Waals surface area (Å²) in [6.07, 6.45) is 0.258. The fourth-order valence-electron chi connectivity index (χ4n) is 1.79. The summed E-state index contributed by atoms with van der Waals surface area (Å²) < 4.78 is 11.0. The average Bonchev–Trinajstić information content (AvgIpc) is 2.45. The van der Waals surface area contributed by atoms with E-state index in [0.29, 0.717) is 18.9 Å². The molecule has 0 bridgehead atoms. The summed E-state index contributed by atoms with van der Waals surface area (Å²) >= 11 is 0.